The predicted molar refractivity (Wildman–Crippen MR) is 82.9 cm³/mol. The lowest BCUT2D eigenvalue weighted by molar-refractivity contribution is -0.132. The fourth-order valence-electron chi connectivity index (χ4n) is 1.58. The van der Waals surface area contributed by atoms with Crippen molar-refractivity contribution in [3.05, 3.63) is 30.1 Å². The van der Waals surface area contributed by atoms with E-state index < -0.39 is 0 Å². The van der Waals surface area contributed by atoms with Crippen LogP contribution in [0.2, 0.25) is 0 Å². The Morgan fingerprint density at radius 1 is 1.33 bits per heavy atom. The van der Waals surface area contributed by atoms with Gasteiger partial charge >= 0.3 is 0 Å². The molecule has 112 valence electrons. The van der Waals surface area contributed by atoms with E-state index in [0.29, 0.717) is 17.3 Å². The molecule has 1 aromatic rings. The van der Waals surface area contributed by atoms with Gasteiger partial charge in [-0.05, 0) is 36.5 Å². The second-order valence-corrected chi connectivity index (χ2v) is 5.57. The highest BCUT2D eigenvalue weighted by molar-refractivity contribution is 8.00. The van der Waals surface area contributed by atoms with Crippen molar-refractivity contribution in [1.29, 1.82) is 0 Å². The van der Waals surface area contributed by atoms with E-state index >= 15 is 0 Å². The Bertz CT molecular complexity index is 553. The number of thiocarbonyl (C=S) groups is 1. The van der Waals surface area contributed by atoms with Crippen LogP contribution in [0.1, 0.15) is 0 Å². The maximum atomic E-state index is 12.7. The van der Waals surface area contributed by atoms with Crippen molar-refractivity contribution >= 4 is 46.6 Å². The van der Waals surface area contributed by atoms with Gasteiger partial charge < -0.3 is 10.2 Å². The van der Waals surface area contributed by atoms with Gasteiger partial charge in [-0.1, -0.05) is 0 Å². The van der Waals surface area contributed by atoms with Crippen LogP contribution in [0.4, 0.5) is 10.1 Å². The molecular weight excluding hydrogens is 315 g/mol. The van der Waals surface area contributed by atoms with E-state index in [1.165, 1.54) is 40.9 Å². The van der Waals surface area contributed by atoms with Crippen molar-refractivity contribution in [3.8, 4) is 0 Å². The maximum absolute atomic E-state index is 12.7. The molecule has 1 fully saturated rings. The van der Waals surface area contributed by atoms with Crippen LogP contribution < -0.4 is 16.2 Å². The molecule has 9 heteroatoms. The van der Waals surface area contributed by atoms with Gasteiger partial charge in [0, 0.05) is 5.69 Å². The molecule has 3 N–H and O–H groups in total. The van der Waals surface area contributed by atoms with Crippen molar-refractivity contribution in [2.75, 3.05) is 23.5 Å². The Morgan fingerprint density at radius 3 is 2.67 bits per heavy atom. The third kappa shape index (κ3) is 4.87. The van der Waals surface area contributed by atoms with Crippen LogP contribution in [0.3, 0.4) is 0 Å². The summed E-state index contributed by atoms with van der Waals surface area (Å²) in [6.07, 6.45) is 0. The first-order chi connectivity index (χ1) is 10.0. The van der Waals surface area contributed by atoms with Gasteiger partial charge in [0.25, 0.3) is 5.91 Å². The molecule has 1 saturated heterocycles. The Hall–Kier alpha value is -1.87. The lowest BCUT2D eigenvalue weighted by Crippen LogP contribution is -2.48. The van der Waals surface area contributed by atoms with Crippen LogP contribution in [0.5, 0.6) is 0 Å². The van der Waals surface area contributed by atoms with Crippen molar-refractivity contribution < 1.29 is 14.0 Å². The number of halogens is 1. The van der Waals surface area contributed by atoms with Crippen LogP contribution >= 0.6 is 24.0 Å². The Labute approximate surface area is 130 Å². The first kappa shape index (κ1) is 15.5. The molecule has 0 unspecified atom stereocenters. The SMILES string of the molecule is O=C(CN1CSCC1=O)NNC(=S)Nc1ccc(F)cc1. The largest absolute Gasteiger partial charge is 0.331 e. The zero-order chi connectivity index (χ0) is 15.2. The highest BCUT2D eigenvalue weighted by Gasteiger charge is 2.22. The Morgan fingerprint density at radius 2 is 2.05 bits per heavy atom. The van der Waals surface area contributed by atoms with Crippen molar-refractivity contribution in [2.24, 2.45) is 0 Å². The molecule has 1 aliphatic heterocycles. The fraction of sp³-hybridized carbons (Fsp3) is 0.250. The Kier molecular flexibility index (Phi) is 5.34. The van der Waals surface area contributed by atoms with E-state index in [-0.39, 0.29) is 29.3 Å². The summed E-state index contributed by atoms with van der Waals surface area (Å²) in [5.74, 6) is 0.160. The number of hydrogen-bond donors (Lipinski definition) is 3. The number of hydrogen-bond acceptors (Lipinski definition) is 4. The molecule has 2 rings (SSSR count). The first-order valence-corrected chi connectivity index (χ1v) is 7.58. The molecule has 0 saturated carbocycles. The molecule has 0 atom stereocenters. The standard InChI is InChI=1S/C12H13FN4O2S2/c13-8-1-3-9(4-2-8)14-12(20)16-15-10(18)5-17-7-21-6-11(17)19/h1-4H,5-7H2,(H,15,18)(H2,14,16,20). The van der Waals surface area contributed by atoms with Gasteiger partial charge in [0.05, 0.1) is 11.6 Å². The van der Waals surface area contributed by atoms with Gasteiger partial charge in [-0.25, -0.2) is 4.39 Å². The number of anilines is 1. The van der Waals surface area contributed by atoms with E-state index in [9.17, 15) is 14.0 Å². The number of hydrazine groups is 1. The number of rotatable bonds is 3. The van der Waals surface area contributed by atoms with E-state index in [2.05, 4.69) is 16.2 Å². The molecule has 6 nitrogen and oxygen atoms in total. The van der Waals surface area contributed by atoms with E-state index in [4.69, 9.17) is 12.2 Å². The van der Waals surface area contributed by atoms with E-state index in [0.717, 1.165) is 0 Å². The van der Waals surface area contributed by atoms with E-state index in [1.807, 2.05) is 0 Å². The molecule has 21 heavy (non-hydrogen) atoms. The van der Waals surface area contributed by atoms with Gasteiger partial charge in [-0.3, -0.25) is 20.4 Å². The quantitative estimate of drug-likeness (QED) is 0.560. The minimum atomic E-state index is -0.367. The predicted octanol–water partition coefficient (Wildman–Crippen LogP) is 0.676. The normalized spacial score (nSPS) is 14.0. The number of thioether (sulfide) groups is 1. The molecule has 0 aromatic heterocycles. The molecule has 0 spiro atoms. The summed E-state index contributed by atoms with van der Waals surface area (Å²) in [5.41, 5.74) is 5.50. The highest BCUT2D eigenvalue weighted by Crippen LogP contribution is 2.13. The molecule has 1 aliphatic rings. The van der Waals surface area contributed by atoms with Crippen molar-refractivity contribution in [2.45, 2.75) is 0 Å². The van der Waals surface area contributed by atoms with Gasteiger partial charge in [0.2, 0.25) is 5.91 Å². The van der Waals surface area contributed by atoms with Crippen molar-refractivity contribution in [3.63, 3.8) is 0 Å². The molecule has 0 radical (unpaired) electrons. The molecular formula is C12H13FN4O2S2. The van der Waals surface area contributed by atoms with Gasteiger partial charge in [-0.15, -0.1) is 11.8 Å². The fourth-order valence-corrected chi connectivity index (χ4v) is 2.65. The van der Waals surface area contributed by atoms with Crippen LogP contribution in [0.15, 0.2) is 24.3 Å². The summed E-state index contributed by atoms with van der Waals surface area (Å²) >= 11 is 6.44. The maximum Gasteiger partial charge on any atom is 0.258 e. The molecule has 1 aromatic carbocycles. The Balaban J connectivity index is 1.72. The monoisotopic (exact) mass is 328 g/mol. The summed E-state index contributed by atoms with van der Waals surface area (Å²) in [6, 6.07) is 5.62. The van der Waals surface area contributed by atoms with E-state index in [1.54, 1.807) is 0 Å². The number of nitrogens with zero attached hydrogens (tertiary/aromatic N) is 1. The topological polar surface area (TPSA) is 73.5 Å². The lowest BCUT2D eigenvalue weighted by atomic mass is 10.3. The van der Waals surface area contributed by atoms with Crippen LogP contribution in [-0.2, 0) is 9.59 Å². The number of amides is 2. The number of carbonyl (C=O) groups excluding carboxylic acids is 2. The summed E-state index contributed by atoms with van der Waals surface area (Å²) in [6.45, 7) is -0.0159. The average molecular weight is 328 g/mol. The number of benzene rings is 1. The summed E-state index contributed by atoms with van der Waals surface area (Å²) < 4.78 is 12.7. The third-order valence-electron chi connectivity index (χ3n) is 2.58. The molecule has 0 aliphatic carbocycles. The van der Waals surface area contributed by atoms with Crippen LogP contribution in [0, 0.1) is 5.82 Å². The van der Waals surface area contributed by atoms with Crippen LogP contribution in [-0.4, -0.2) is 40.0 Å². The van der Waals surface area contributed by atoms with Crippen LogP contribution in [0.25, 0.3) is 0 Å². The minimum absolute atomic E-state index is 0.0159. The third-order valence-corrected chi connectivity index (χ3v) is 3.73. The first-order valence-electron chi connectivity index (χ1n) is 6.01. The molecule has 1 heterocycles. The summed E-state index contributed by atoms with van der Waals surface area (Å²) in [4.78, 5) is 24.4. The van der Waals surface area contributed by atoms with Gasteiger partial charge in [0.1, 0.15) is 12.4 Å². The number of nitrogens with one attached hydrogen (secondary N) is 3. The zero-order valence-corrected chi connectivity index (χ0v) is 12.5. The summed E-state index contributed by atoms with van der Waals surface area (Å²) in [5, 5.41) is 2.95. The molecule has 0 bridgehead atoms. The second-order valence-electron chi connectivity index (χ2n) is 4.20. The smallest absolute Gasteiger partial charge is 0.258 e. The number of carbonyl (C=O) groups is 2. The lowest BCUT2D eigenvalue weighted by Gasteiger charge is -2.15. The second kappa shape index (κ2) is 7.23. The summed E-state index contributed by atoms with van der Waals surface area (Å²) in [7, 11) is 0. The molecule has 2 amide bonds. The zero-order valence-electron chi connectivity index (χ0n) is 10.9. The van der Waals surface area contributed by atoms with Gasteiger partial charge in [0.15, 0.2) is 5.11 Å². The highest BCUT2D eigenvalue weighted by atomic mass is 32.2. The average Bonchev–Trinajstić information content (AvgIpc) is 2.85. The van der Waals surface area contributed by atoms with Gasteiger partial charge in [-0.2, -0.15) is 0 Å². The van der Waals surface area contributed by atoms with Crippen molar-refractivity contribution in [1.82, 2.24) is 15.8 Å². The minimum Gasteiger partial charge on any atom is -0.331 e.